The second-order valence-corrected chi connectivity index (χ2v) is 4.46. The Balaban J connectivity index is 2.15. The van der Waals surface area contributed by atoms with Crippen molar-refractivity contribution in [2.75, 3.05) is 6.61 Å². The summed E-state index contributed by atoms with van der Waals surface area (Å²) >= 11 is 2.26. The van der Waals surface area contributed by atoms with Gasteiger partial charge in [0.05, 0.1) is 10.2 Å². The molecule has 1 rings (SSSR count). The summed E-state index contributed by atoms with van der Waals surface area (Å²) in [5.41, 5.74) is 0. The molecule has 0 fully saturated rings. The van der Waals surface area contributed by atoms with Crippen LogP contribution >= 0.6 is 22.6 Å². The first kappa shape index (κ1) is 12.5. The standard InChI is InChI=1S/C12H15IO2/c13-11-7-3-4-8-12(11)15-10-6-2-1-5-9-14/h3-4,7-9H,1-2,5-6,10H2. The van der Waals surface area contributed by atoms with Crippen LogP contribution in [0.15, 0.2) is 24.3 Å². The van der Waals surface area contributed by atoms with Crippen LogP contribution in [0.4, 0.5) is 0 Å². The third kappa shape index (κ3) is 5.16. The monoisotopic (exact) mass is 318 g/mol. The fraction of sp³-hybridized carbons (Fsp3) is 0.417. The molecule has 0 aliphatic rings. The Morgan fingerprint density at radius 3 is 2.73 bits per heavy atom. The Kier molecular flexibility index (Phi) is 6.39. The topological polar surface area (TPSA) is 26.3 Å². The average molecular weight is 318 g/mol. The highest BCUT2D eigenvalue weighted by Gasteiger charge is 1.98. The molecule has 0 bridgehead atoms. The van der Waals surface area contributed by atoms with Crippen molar-refractivity contribution in [3.63, 3.8) is 0 Å². The summed E-state index contributed by atoms with van der Waals surface area (Å²) in [6.07, 6.45) is 4.68. The Hall–Kier alpha value is -0.580. The van der Waals surface area contributed by atoms with E-state index in [2.05, 4.69) is 22.6 Å². The van der Waals surface area contributed by atoms with E-state index in [4.69, 9.17) is 4.74 Å². The fourth-order valence-corrected chi connectivity index (χ4v) is 1.79. The predicted molar refractivity (Wildman–Crippen MR) is 69.2 cm³/mol. The fourth-order valence-electron chi connectivity index (χ4n) is 1.25. The molecule has 3 heteroatoms. The molecule has 0 aliphatic carbocycles. The lowest BCUT2D eigenvalue weighted by atomic mass is 10.2. The zero-order valence-corrected chi connectivity index (χ0v) is 10.8. The van der Waals surface area contributed by atoms with Crippen LogP contribution in [0.5, 0.6) is 5.75 Å². The van der Waals surface area contributed by atoms with Gasteiger partial charge < -0.3 is 9.53 Å². The molecule has 0 heterocycles. The van der Waals surface area contributed by atoms with Gasteiger partial charge in [0.2, 0.25) is 0 Å². The Morgan fingerprint density at radius 1 is 1.20 bits per heavy atom. The van der Waals surface area contributed by atoms with Crippen molar-refractivity contribution in [1.82, 2.24) is 0 Å². The summed E-state index contributed by atoms with van der Waals surface area (Å²) in [4.78, 5) is 10.1. The van der Waals surface area contributed by atoms with Gasteiger partial charge in [-0.05, 0) is 54.0 Å². The van der Waals surface area contributed by atoms with Crippen LogP contribution in [0.1, 0.15) is 25.7 Å². The molecule has 0 radical (unpaired) electrons. The van der Waals surface area contributed by atoms with Crippen molar-refractivity contribution in [3.05, 3.63) is 27.8 Å². The van der Waals surface area contributed by atoms with Crippen LogP contribution in [-0.4, -0.2) is 12.9 Å². The Labute approximate surface area is 104 Å². The Bertz CT molecular complexity index is 299. The van der Waals surface area contributed by atoms with Crippen molar-refractivity contribution in [3.8, 4) is 5.75 Å². The summed E-state index contributed by atoms with van der Waals surface area (Å²) < 4.78 is 6.76. The minimum atomic E-state index is 0.670. The first-order valence-corrected chi connectivity index (χ1v) is 6.23. The quantitative estimate of drug-likeness (QED) is 0.437. The number of rotatable bonds is 7. The molecule has 0 aliphatic heterocycles. The minimum absolute atomic E-state index is 0.670. The van der Waals surface area contributed by atoms with Gasteiger partial charge in [-0.1, -0.05) is 12.1 Å². The molecular formula is C12H15IO2. The average Bonchev–Trinajstić information content (AvgIpc) is 2.25. The maximum atomic E-state index is 10.1. The van der Waals surface area contributed by atoms with Gasteiger partial charge in [0, 0.05) is 6.42 Å². The lowest BCUT2D eigenvalue weighted by Gasteiger charge is -2.07. The first-order chi connectivity index (χ1) is 7.34. The molecule has 2 nitrogen and oxygen atoms in total. The van der Waals surface area contributed by atoms with Crippen molar-refractivity contribution in [2.45, 2.75) is 25.7 Å². The number of hydrogen-bond donors (Lipinski definition) is 0. The van der Waals surface area contributed by atoms with Crippen molar-refractivity contribution < 1.29 is 9.53 Å². The summed E-state index contributed by atoms with van der Waals surface area (Å²) in [5, 5.41) is 0. The molecule has 82 valence electrons. The second-order valence-electron chi connectivity index (χ2n) is 3.29. The number of carbonyl (C=O) groups excluding carboxylic acids is 1. The van der Waals surface area contributed by atoms with Gasteiger partial charge in [-0.2, -0.15) is 0 Å². The molecule has 0 amide bonds. The molecule has 0 saturated heterocycles. The third-order valence-corrected chi connectivity index (χ3v) is 2.95. The molecule has 0 N–H and O–H groups in total. The summed E-state index contributed by atoms with van der Waals surface area (Å²) in [6.45, 7) is 0.735. The highest BCUT2D eigenvalue weighted by Crippen LogP contribution is 2.19. The highest BCUT2D eigenvalue weighted by molar-refractivity contribution is 14.1. The highest BCUT2D eigenvalue weighted by atomic mass is 127. The first-order valence-electron chi connectivity index (χ1n) is 5.15. The third-order valence-electron chi connectivity index (χ3n) is 2.06. The van der Waals surface area contributed by atoms with E-state index in [1.807, 2.05) is 24.3 Å². The van der Waals surface area contributed by atoms with Crippen LogP contribution < -0.4 is 4.74 Å². The molecular weight excluding hydrogens is 303 g/mol. The molecule has 0 spiro atoms. The summed E-state index contributed by atoms with van der Waals surface area (Å²) in [6, 6.07) is 7.98. The number of hydrogen-bond acceptors (Lipinski definition) is 2. The molecule has 1 aromatic rings. The number of carbonyl (C=O) groups is 1. The van der Waals surface area contributed by atoms with Crippen molar-refractivity contribution in [2.24, 2.45) is 0 Å². The smallest absolute Gasteiger partial charge is 0.132 e. The van der Waals surface area contributed by atoms with Gasteiger partial charge in [-0.25, -0.2) is 0 Å². The van der Waals surface area contributed by atoms with E-state index in [1.165, 1.54) is 0 Å². The van der Waals surface area contributed by atoms with Gasteiger partial charge in [0.15, 0.2) is 0 Å². The molecule has 0 aromatic heterocycles. The molecule has 1 aromatic carbocycles. The number of para-hydroxylation sites is 1. The lowest BCUT2D eigenvalue weighted by Crippen LogP contribution is -1.98. The SMILES string of the molecule is O=CCCCCCOc1ccccc1I. The van der Waals surface area contributed by atoms with Gasteiger partial charge in [0.25, 0.3) is 0 Å². The molecule has 0 saturated carbocycles. The normalized spacial score (nSPS) is 9.93. The van der Waals surface area contributed by atoms with Crippen LogP contribution in [-0.2, 0) is 4.79 Å². The van der Waals surface area contributed by atoms with E-state index in [0.29, 0.717) is 6.42 Å². The predicted octanol–water partition coefficient (Wildman–Crippen LogP) is 3.43. The number of halogens is 1. The van der Waals surface area contributed by atoms with E-state index >= 15 is 0 Å². The van der Waals surface area contributed by atoms with E-state index < -0.39 is 0 Å². The number of unbranched alkanes of at least 4 members (excludes halogenated alkanes) is 3. The van der Waals surface area contributed by atoms with Crippen LogP contribution in [0, 0.1) is 3.57 Å². The minimum Gasteiger partial charge on any atom is -0.492 e. The molecule has 0 unspecified atom stereocenters. The van der Waals surface area contributed by atoms with E-state index in [1.54, 1.807) is 0 Å². The Morgan fingerprint density at radius 2 is 2.00 bits per heavy atom. The van der Waals surface area contributed by atoms with E-state index in [-0.39, 0.29) is 0 Å². The second kappa shape index (κ2) is 7.68. The number of benzene rings is 1. The molecule has 15 heavy (non-hydrogen) atoms. The van der Waals surface area contributed by atoms with Crippen LogP contribution in [0.2, 0.25) is 0 Å². The summed E-state index contributed by atoms with van der Waals surface area (Å²) in [5.74, 6) is 0.952. The number of aldehydes is 1. The van der Waals surface area contributed by atoms with Gasteiger partial charge in [-0.15, -0.1) is 0 Å². The van der Waals surface area contributed by atoms with Crippen LogP contribution in [0.25, 0.3) is 0 Å². The lowest BCUT2D eigenvalue weighted by molar-refractivity contribution is -0.107. The summed E-state index contributed by atoms with van der Waals surface area (Å²) in [7, 11) is 0. The number of ether oxygens (including phenoxy) is 1. The van der Waals surface area contributed by atoms with Crippen LogP contribution in [0.3, 0.4) is 0 Å². The largest absolute Gasteiger partial charge is 0.492 e. The van der Waals surface area contributed by atoms with E-state index in [0.717, 1.165) is 41.5 Å². The van der Waals surface area contributed by atoms with Gasteiger partial charge in [0.1, 0.15) is 12.0 Å². The van der Waals surface area contributed by atoms with E-state index in [9.17, 15) is 4.79 Å². The van der Waals surface area contributed by atoms with Crippen molar-refractivity contribution in [1.29, 1.82) is 0 Å². The maximum Gasteiger partial charge on any atom is 0.132 e. The van der Waals surface area contributed by atoms with Gasteiger partial charge >= 0.3 is 0 Å². The van der Waals surface area contributed by atoms with Crippen molar-refractivity contribution >= 4 is 28.9 Å². The molecule has 0 atom stereocenters. The zero-order chi connectivity index (χ0) is 10.9. The zero-order valence-electron chi connectivity index (χ0n) is 8.62. The van der Waals surface area contributed by atoms with Gasteiger partial charge in [-0.3, -0.25) is 0 Å². The maximum absolute atomic E-state index is 10.1.